The molecule has 0 radical (unpaired) electrons. The van der Waals surface area contributed by atoms with Crippen molar-refractivity contribution < 1.29 is 14.3 Å². The molecule has 1 aliphatic heterocycles. The number of amides is 1. The number of rotatable bonds is 4. The first-order valence-corrected chi connectivity index (χ1v) is 6.37. The van der Waals surface area contributed by atoms with Crippen LogP contribution in [0.1, 0.15) is 25.8 Å². The first-order valence-electron chi connectivity index (χ1n) is 6.37. The number of benzene rings is 1. The minimum atomic E-state index is 0.0576. The molecule has 1 atom stereocenters. The van der Waals surface area contributed by atoms with E-state index < -0.39 is 0 Å². The summed E-state index contributed by atoms with van der Waals surface area (Å²) >= 11 is 0. The van der Waals surface area contributed by atoms with Gasteiger partial charge in [-0.1, -0.05) is 19.9 Å². The van der Waals surface area contributed by atoms with Crippen molar-refractivity contribution >= 4 is 5.91 Å². The van der Waals surface area contributed by atoms with Crippen LogP contribution in [0.15, 0.2) is 18.2 Å². The molecule has 0 bridgehead atoms. The van der Waals surface area contributed by atoms with Crippen molar-refractivity contribution in [3.05, 3.63) is 23.8 Å². The van der Waals surface area contributed by atoms with Gasteiger partial charge in [0.05, 0.1) is 0 Å². The molecule has 4 nitrogen and oxygen atoms in total. The highest BCUT2D eigenvalue weighted by molar-refractivity contribution is 5.78. The molecule has 0 fully saturated rings. The average Bonchev–Trinajstić information content (AvgIpc) is 2.43. The first kappa shape index (κ1) is 12.7. The Morgan fingerprint density at radius 2 is 2.06 bits per heavy atom. The molecule has 18 heavy (non-hydrogen) atoms. The molecule has 1 aromatic carbocycles. The minimum Gasteiger partial charge on any atom is -0.486 e. The Balaban J connectivity index is 1.96. The zero-order valence-electron chi connectivity index (χ0n) is 10.9. The van der Waals surface area contributed by atoms with Crippen molar-refractivity contribution in [2.24, 2.45) is 5.92 Å². The number of carbonyl (C=O) groups is 1. The van der Waals surface area contributed by atoms with Crippen LogP contribution in [0, 0.1) is 5.92 Å². The standard InChI is InChI=1S/C14H19NO3/c1-3-10(2)14(16)15-9-11-4-5-12-13(8-11)18-7-6-17-12/h4-5,8,10H,3,6-7,9H2,1-2H3,(H,15,16). The highest BCUT2D eigenvalue weighted by Gasteiger charge is 2.13. The Morgan fingerprint density at radius 3 is 2.78 bits per heavy atom. The molecule has 0 aliphatic carbocycles. The molecule has 98 valence electrons. The number of carbonyl (C=O) groups excluding carboxylic acids is 1. The number of fused-ring (bicyclic) bond motifs is 1. The summed E-state index contributed by atoms with van der Waals surface area (Å²) in [6.07, 6.45) is 0.854. The summed E-state index contributed by atoms with van der Waals surface area (Å²) in [6, 6.07) is 5.76. The van der Waals surface area contributed by atoms with Crippen molar-refractivity contribution in [2.45, 2.75) is 26.8 Å². The van der Waals surface area contributed by atoms with Gasteiger partial charge in [0.2, 0.25) is 5.91 Å². The quantitative estimate of drug-likeness (QED) is 0.889. The maximum absolute atomic E-state index is 11.7. The van der Waals surface area contributed by atoms with Crippen LogP contribution >= 0.6 is 0 Å². The lowest BCUT2D eigenvalue weighted by atomic mass is 10.1. The molecule has 0 aromatic heterocycles. The van der Waals surface area contributed by atoms with Gasteiger partial charge in [0.15, 0.2) is 11.5 Å². The number of nitrogens with one attached hydrogen (secondary N) is 1. The second-order valence-corrected chi connectivity index (χ2v) is 4.51. The van der Waals surface area contributed by atoms with E-state index in [4.69, 9.17) is 9.47 Å². The molecule has 1 amide bonds. The molecule has 1 heterocycles. The van der Waals surface area contributed by atoms with E-state index in [1.807, 2.05) is 32.0 Å². The van der Waals surface area contributed by atoms with Crippen molar-refractivity contribution in [1.82, 2.24) is 5.32 Å². The molecule has 1 N–H and O–H groups in total. The van der Waals surface area contributed by atoms with Crippen LogP contribution in [-0.4, -0.2) is 19.1 Å². The molecular formula is C14H19NO3. The Hall–Kier alpha value is -1.71. The van der Waals surface area contributed by atoms with E-state index in [-0.39, 0.29) is 11.8 Å². The molecule has 0 spiro atoms. The van der Waals surface area contributed by atoms with Crippen LogP contribution in [0.25, 0.3) is 0 Å². The summed E-state index contributed by atoms with van der Waals surface area (Å²) in [7, 11) is 0. The first-order chi connectivity index (χ1) is 8.70. The predicted octanol–water partition coefficient (Wildman–Crippen LogP) is 2.12. The molecule has 1 unspecified atom stereocenters. The van der Waals surface area contributed by atoms with E-state index in [2.05, 4.69) is 5.32 Å². The molecule has 0 saturated heterocycles. The Morgan fingerprint density at radius 1 is 1.33 bits per heavy atom. The van der Waals surface area contributed by atoms with Gasteiger partial charge in [0.25, 0.3) is 0 Å². The van der Waals surface area contributed by atoms with Gasteiger partial charge in [-0.3, -0.25) is 4.79 Å². The molecule has 4 heteroatoms. The number of ether oxygens (including phenoxy) is 2. The van der Waals surface area contributed by atoms with E-state index in [0.29, 0.717) is 19.8 Å². The fourth-order valence-corrected chi connectivity index (χ4v) is 1.75. The van der Waals surface area contributed by atoms with Gasteiger partial charge in [-0.05, 0) is 24.1 Å². The Kier molecular flexibility index (Phi) is 4.07. The van der Waals surface area contributed by atoms with Crippen LogP contribution in [0.2, 0.25) is 0 Å². The van der Waals surface area contributed by atoms with Gasteiger partial charge in [0.1, 0.15) is 13.2 Å². The van der Waals surface area contributed by atoms with E-state index in [1.54, 1.807) is 0 Å². The van der Waals surface area contributed by atoms with Crippen molar-refractivity contribution in [3.8, 4) is 11.5 Å². The molecule has 1 aliphatic rings. The van der Waals surface area contributed by atoms with E-state index in [1.165, 1.54) is 0 Å². The van der Waals surface area contributed by atoms with Crippen LogP contribution < -0.4 is 14.8 Å². The Bertz CT molecular complexity index is 431. The summed E-state index contributed by atoms with van der Waals surface area (Å²) in [6.45, 7) is 5.64. The monoisotopic (exact) mass is 249 g/mol. The van der Waals surface area contributed by atoms with Crippen molar-refractivity contribution in [3.63, 3.8) is 0 Å². The van der Waals surface area contributed by atoms with E-state index in [0.717, 1.165) is 23.5 Å². The maximum atomic E-state index is 11.7. The third-order valence-corrected chi connectivity index (χ3v) is 3.13. The summed E-state index contributed by atoms with van der Waals surface area (Å²) in [5.41, 5.74) is 1.02. The van der Waals surface area contributed by atoms with Gasteiger partial charge >= 0.3 is 0 Å². The molecule has 0 saturated carbocycles. The third-order valence-electron chi connectivity index (χ3n) is 3.13. The SMILES string of the molecule is CCC(C)C(=O)NCc1ccc2c(c1)OCCO2. The second kappa shape index (κ2) is 5.76. The smallest absolute Gasteiger partial charge is 0.223 e. The van der Waals surface area contributed by atoms with Gasteiger partial charge < -0.3 is 14.8 Å². The summed E-state index contributed by atoms with van der Waals surface area (Å²) in [5, 5.41) is 2.92. The average molecular weight is 249 g/mol. The summed E-state index contributed by atoms with van der Waals surface area (Å²) in [5.74, 6) is 1.68. The largest absolute Gasteiger partial charge is 0.486 e. The van der Waals surface area contributed by atoms with Crippen molar-refractivity contribution in [2.75, 3.05) is 13.2 Å². The maximum Gasteiger partial charge on any atom is 0.223 e. The summed E-state index contributed by atoms with van der Waals surface area (Å²) in [4.78, 5) is 11.7. The zero-order valence-corrected chi connectivity index (χ0v) is 10.9. The van der Waals surface area contributed by atoms with E-state index in [9.17, 15) is 4.79 Å². The minimum absolute atomic E-state index is 0.0576. The van der Waals surface area contributed by atoms with Crippen LogP contribution in [0.5, 0.6) is 11.5 Å². The van der Waals surface area contributed by atoms with E-state index >= 15 is 0 Å². The van der Waals surface area contributed by atoms with Crippen LogP contribution in [0.4, 0.5) is 0 Å². The molecule has 2 rings (SSSR count). The van der Waals surface area contributed by atoms with Crippen LogP contribution in [-0.2, 0) is 11.3 Å². The van der Waals surface area contributed by atoms with Gasteiger partial charge in [-0.15, -0.1) is 0 Å². The highest BCUT2D eigenvalue weighted by Crippen LogP contribution is 2.30. The van der Waals surface area contributed by atoms with Gasteiger partial charge in [-0.2, -0.15) is 0 Å². The molecular weight excluding hydrogens is 230 g/mol. The predicted molar refractivity (Wildman–Crippen MR) is 68.7 cm³/mol. The number of hydrogen-bond acceptors (Lipinski definition) is 3. The topological polar surface area (TPSA) is 47.6 Å². The third kappa shape index (κ3) is 2.94. The summed E-state index contributed by atoms with van der Waals surface area (Å²) < 4.78 is 10.9. The highest BCUT2D eigenvalue weighted by atomic mass is 16.6. The second-order valence-electron chi connectivity index (χ2n) is 4.51. The Labute approximate surface area is 107 Å². The number of hydrogen-bond donors (Lipinski definition) is 1. The molecule has 1 aromatic rings. The van der Waals surface area contributed by atoms with Gasteiger partial charge in [0, 0.05) is 12.5 Å². The zero-order chi connectivity index (χ0) is 13.0. The lowest BCUT2D eigenvalue weighted by molar-refractivity contribution is -0.124. The normalized spacial score (nSPS) is 15.0. The lowest BCUT2D eigenvalue weighted by Gasteiger charge is -2.19. The van der Waals surface area contributed by atoms with Crippen molar-refractivity contribution in [1.29, 1.82) is 0 Å². The lowest BCUT2D eigenvalue weighted by Crippen LogP contribution is -2.28. The fourth-order valence-electron chi connectivity index (χ4n) is 1.75. The van der Waals surface area contributed by atoms with Gasteiger partial charge in [-0.25, -0.2) is 0 Å². The fraction of sp³-hybridized carbons (Fsp3) is 0.500. The van der Waals surface area contributed by atoms with Crippen LogP contribution in [0.3, 0.4) is 0 Å².